The molecule has 1 saturated carbocycles. The monoisotopic (exact) mass is 783 g/mol. The summed E-state index contributed by atoms with van der Waals surface area (Å²) in [5, 5.41) is 18.3. The van der Waals surface area contributed by atoms with Gasteiger partial charge in [0.2, 0.25) is 11.7 Å². The van der Waals surface area contributed by atoms with Gasteiger partial charge in [0.15, 0.2) is 17.3 Å². The summed E-state index contributed by atoms with van der Waals surface area (Å²) in [6.45, 7) is 5.77. The van der Waals surface area contributed by atoms with Crippen LogP contribution in [0.3, 0.4) is 0 Å². The van der Waals surface area contributed by atoms with E-state index < -0.39 is 34.4 Å². The Balaban J connectivity index is 1.10. The SMILES string of the molecule is Cc1ncnc(C(=O)N2CCC3(CC2)CC(C)c2c3c(=O)n3nc(-c4cc(F)c(CN5CCC5)cc4F)nc3n2CC(=O)Nc2ccc(C3CC3)cc2Cl)c1O. The van der Waals surface area contributed by atoms with Gasteiger partial charge in [0.25, 0.3) is 11.5 Å². The number of halogens is 3. The van der Waals surface area contributed by atoms with Crippen molar-refractivity contribution in [2.45, 2.75) is 82.7 Å². The zero-order chi connectivity index (χ0) is 39.0. The number of aromatic nitrogens is 6. The molecule has 16 heteroatoms. The number of anilines is 1. The average Bonchev–Trinajstić information content (AvgIpc) is 3.84. The maximum absolute atomic E-state index is 15.8. The van der Waals surface area contributed by atoms with E-state index in [1.807, 2.05) is 24.0 Å². The molecule has 4 aliphatic rings. The molecule has 0 bridgehead atoms. The highest BCUT2D eigenvalue weighted by Crippen LogP contribution is 2.51. The molecular formula is C40H40ClF2N9O4. The van der Waals surface area contributed by atoms with Gasteiger partial charge < -0.3 is 19.9 Å². The predicted molar refractivity (Wildman–Crippen MR) is 203 cm³/mol. The van der Waals surface area contributed by atoms with E-state index in [0.29, 0.717) is 52.8 Å². The Hall–Kier alpha value is -5.28. The first kappa shape index (κ1) is 36.4. The van der Waals surface area contributed by atoms with Crippen molar-refractivity contribution in [2.75, 3.05) is 31.5 Å². The fourth-order valence-corrected chi connectivity index (χ4v) is 9.04. The lowest BCUT2D eigenvalue weighted by atomic mass is 9.73. The number of fused-ring (bicyclic) bond motifs is 3. The highest BCUT2D eigenvalue weighted by molar-refractivity contribution is 6.33. The Morgan fingerprint density at radius 3 is 2.52 bits per heavy atom. The first-order chi connectivity index (χ1) is 26.9. The van der Waals surface area contributed by atoms with Crippen LogP contribution in [-0.4, -0.2) is 82.0 Å². The van der Waals surface area contributed by atoms with Gasteiger partial charge >= 0.3 is 0 Å². The molecule has 2 aliphatic carbocycles. The Morgan fingerprint density at radius 1 is 1.05 bits per heavy atom. The van der Waals surface area contributed by atoms with Crippen molar-refractivity contribution >= 4 is 34.9 Å². The highest BCUT2D eigenvalue weighted by atomic mass is 35.5. The molecule has 2 N–H and O–H groups in total. The van der Waals surface area contributed by atoms with Gasteiger partial charge in [0, 0.05) is 41.9 Å². The summed E-state index contributed by atoms with van der Waals surface area (Å²) in [6.07, 6.45) is 5.84. The normalized spacial score (nSPS) is 19.0. The van der Waals surface area contributed by atoms with E-state index in [-0.39, 0.29) is 66.3 Å². The van der Waals surface area contributed by atoms with Gasteiger partial charge in [-0.3, -0.25) is 19.3 Å². The number of hydrogen-bond acceptors (Lipinski definition) is 9. The Kier molecular flexibility index (Phi) is 8.91. The van der Waals surface area contributed by atoms with E-state index in [2.05, 4.69) is 25.4 Å². The Bertz CT molecular complexity index is 2510. The second-order valence-corrected chi connectivity index (χ2v) is 16.2. The highest BCUT2D eigenvalue weighted by Gasteiger charge is 2.49. The number of carbonyl (C=O) groups excluding carboxylic acids is 2. The van der Waals surface area contributed by atoms with Crippen LogP contribution < -0.4 is 10.9 Å². The minimum atomic E-state index is -0.724. The summed E-state index contributed by atoms with van der Waals surface area (Å²) < 4.78 is 33.9. The number of nitrogens with zero attached hydrogens (tertiary/aromatic N) is 8. The van der Waals surface area contributed by atoms with Gasteiger partial charge in [-0.05, 0) is 100 Å². The molecule has 290 valence electrons. The number of rotatable bonds is 8. The van der Waals surface area contributed by atoms with E-state index in [1.54, 1.807) is 22.5 Å². The lowest BCUT2D eigenvalue weighted by molar-refractivity contribution is -0.116. The number of likely N-dealkylation sites (tertiary alicyclic amines) is 2. The molecule has 3 aromatic heterocycles. The van der Waals surface area contributed by atoms with E-state index in [1.165, 1.54) is 6.33 Å². The topological polar surface area (TPSA) is 151 Å². The molecule has 9 rings (SSSR count). The van der Waals surface area contributed by atoms with Crippen molar-refractivity contribution < 1.29 is 23.5 Å². The number of hydrogen-bond donors (Lipinski definition) is 2. The lowest BCUT2D eigenvalue weighted by Crippen LogP contribution is -2.46. The van der Waals surface area contributed by atoms with Crippen LogP contribution in [0.4, 0.5) is 14.5 Å². The van der Waals surface area contributed by atoms with Crippen LogP contribution in [-0.2, 0) is 23.3 Å². The maximum atomic E-state index is 15.8. The zero-order valence-electron chi connectivity index (χ0n) is 31.0. The van der Waals surface area contributed by atoms with Crippen molar-refractivity contribution in [3.05, 3.63) is 97.4 Å². The summed E-state index contributed by atoms with van der Waals surface area (Å²) in [5.41, 5.74) is 1.70. The third-order valence-corrected chi connectivity index (χ3v) is 12.3. The Labute approximate surface area is 325 Å². The Morgan fingerprint density at radius 2 is 1.82 bits per heavy atom. The van der Waals surface area contributed by atoms with Crippen LogP contribution in [0, 0.1) is 18.6 Å². The third kappa shape index (κ3) is 6.20. The molecular weight excluding hydrogens is 744 g/mol. The van der Waals surface area contributed by atoms with Gasteiger partial charge in [0.1, 0.15) is 24.5 Å². The minimum Gasteiger partial charge on any atom is -0.504 e. The predicted octanol–water partition coefficient (Wildman–Crippen LogP) is 5.70. The summed E-state index contributed by atoms with van der Waals surface area (Å²) in [5.74, 6) is -2.37. The second kappa shape index (κ2) is 13.7. The zero-order valence-corrected chi connectivity index (χ0v) is 31.7. The molecule has 56 heavy (non-hydrogen) atoms. The van der Waals surface area contributed by atoms with Gasteiger partial charge in [-0.1, -0.05) is 24.6 Å². The molecule has 2 aliphatic heterocycles. The fraction of sp³-hybridized carbons (Fsp3) is 0.425. The first-order valence-electron chi connectivity index (χ1n) is 19.0. The average molecular weight is 784 g/mol. The number of nitrogens with one attached hydrogen (secondary N) is 1. The molecule has 2 saturated heterocycles. The first-order valence-corrected chi connectivity index (χ1v) is 19.4. The summed E-state index contributed by atoms with van der Waals surface area (Å²) >= 11 is 6.61. The van der Waals surface area contributed by atoms with Crippen LogP contribution in [0.5, 0.6) is 5.75 Å². The minimum absolute atomic E-state index is 0.0182. The smallest absolute Gasteiger partial charge is 0.279 e. The number of amides is 2. The van der Waals surface area contributed by atoms with E-state index in [0.717, 1.165) is 54.6 Å². The lowest BCUT2D eigenvalue weighted by Gasteiger charge is -2.39. The number of piperidine rings is 1. The molecule has 1 atom stereocenters. The van der Waals surface area contributed by atoms with E-state index in [9.17, 15) is 19.5 Å². The second-order valence-electron chi connectivity index (χ2n) is 15.7. The van der Waals surface area contributed by atoms with E-state index >= 15 is 8.78 Å². The van der Waals surface area contributed by atoms with E-state index in [4.69, 9.17) is 11.6 Å². The van der Waals surface area contributed by atoms with Crippen LogP contribution in [0.15, 0.2) is 41.5 Å². The van der Waals surface area contributed by atoms with Crippen molar-refractivity contribution in [3.63, 3.8) is 0 Å². The standard InChI is InChI=1S/C40H40ClF2N9O4/c1-21-17-40(8-12-50(13-9-40)38(56)33-35(54)22(2)44-20-45-33)32-34(21)51(19-31(53)46-30-7-6-24(14-27(30)41)23-4-5-23)39-47-36(48-52(39)37(32)55)26-16-28(42)25(15-29(26)43)18-49-10-3-11-49/h6-7,14-16,20-21,23,54H,3-5,8-13,17-19H2,1-2H3,(H,46,53). The van der Waals surface area contributed by atoms with Crippen LogP contribution >= 0.6 is 11.6 Å². The molecule has 3 fully saturated rings. The summed E-state index contributed by atoms with van der Waals surface area (Å²) in [4.78, 5) is 58.3. The van der Waals surface area contributed by atoms with Gasteiger partial charge in [-0.2, -0.15) is 9.50 Å². The molecule has 2 amide bonds. The molecule has 0 radical (unpaired) electrons. The van der Waals surface area contributed by atoms with Gasteiger partial charge in [0.05, 0.1) is 22.0 Å². The van der Waals surface area contributed by atoms with Crippen molar-refractivity contribution in [2.24, 2.45) is 0 Å². The molecule has 1 unspecified atom stereocenters. The summed E-state index contributed by atoms with van der Waals surface area (Å²) in [6, 6.07) is 7.83. The number of benzene rings is 2. The number of carbonyl (C=O) groups is 2. The largest absolute Gasteiger partial charge is 0.504 e. The third-order valence-electron chi connectivity index (χ3n) is 12.0. The van der Waals surface area contributed by atoms with Crippen molar-refractivity contribution in [1.29, 1.82) is 0 Å². The molecule has 1 spiro atoms. The molecule has 13 nitrogen and oxygen atoms in total. The molecule has 5 aromatic rings. The van der Waals surface area contributed by atoms with Gasteiger partial charge in [-0.25, -0.2) is 18.7 Å². The molecule has 2 aromatic carbocycles. The van der Waals surface area contributed by atoms with Crippen molar-refractivity contribution in [3.8, 4) is 17.1 Å². The summed E-state index contributed by atoms with van der Waals surface area (Å²) in [7, 11) is 0. The quantitative estimate of drug-likeness (QED) is 0.202. The fourth-order valence-electron chi connectivity index (χ4n) is 8.80. The van der Waals surface area contributed by atoms with Crippen LogP contribution in [0.25, 0.3) is 17.2 Å². The van der Waals surface area contributed by atoms with Gasteiger partial charge in [-0.15, -0.1) is 5.10 Å². The van der Waals surface area contributed by atoms with Crippen molar-refractivity contribution in [1.82, 2.24) is 38.9 Å². The number of aryl methyl sites for hydroxylation is 1. The van der Waals surface area contributed by atoms with Crippen LogP contribution in [0.2, 0.25) is 5.02 Å². The molecule has 5 heterocycles. The maximum Gasteiger partial charge on any atom is 0.279 e. The van der Waals surface area contributed by atoms with Crippen LogP contribution in [0.1, 0.15) is 95.9 Å². The number of aromatic hydroxyl groups is 1.